The fraction of sp³-hybridized carbons (Fsp3) is 0.0909. The van der Waals surface area contributed by atoms with Gasteiger partial charge in [0.1, 0.15) is 0 Å². The fourth-order valence-electron chi connectivity index (χ4n) is 3.73. The van der Waals surface area contributed by atoms with Gasteiger partial charge in [0, 0.05) is 29.8 Å². The first kappa shape index (κ1) is 17.6. The molecule has 6 nitrogen and oxygen atoms in total. The predicted molar refractivity (Wildman–Crippen MR) is 104 cm³/mol. The number of carbonyl (C=O) groups is 2. The lowest BCUT2D eigenvalue weighted by Gasteiger charge is -2.34. The number of carboxylic acid groups (broad SMARTS) is 1. The number of fused-ring (bicyclic) bond motifs is 1. The summed E-state index contributed by atoms with van der Waals surface area (Å²) in [5.41, 5.74) is 2.29. The van der Waals surface area contributed by atoms with Gasteiger partial charge < -0.3 is 5.11 Å². The summed E-state index contributed by atoms with van der Waals surface area (Å²) in [5.74, 6) is -1.64. The zero-order valence-corrected chi connectivity index (χ0v) is 14.9. The number of carboxylic acids is 1. The monoisotopic (exact) mass is 371 g/mol. The molecule has 6 heteroatoms. The maximum absolute atomic E-state index is 12.4. The number of aromatic nitrogens is 3. The minimum atomic E-state index is -1.17. The molecule has 4 rings (SSSR count). The molecule has 3 aromatic rings. The van der Waals surface area contributed by atoms with Gasteiger partial charge in [-0.05, 0) is 29.3 Å². The number of rotatable bonds is 4. The summed E-state index contributed by atoms with van der Waals surface area (Å²) in [6.45, 7) is 3.51. The molecule has 1 atom stereocenters. The first-order valence-electron chi connectivity index (χ1n) is 8.74. The van der Waals surface area contributed by atoms with Crippen LogP contribution in [-0.2, 0) is 11.8 Å². The Morgan fingerprint density at radius 3 is 2.43 bits per heavy atom. The van der Waals surface area contributed by atoms with Gasteiger partial charge in [-0.25, -0.2) is 4.79 Å². The van der Waals surface area contributed by atoms with Crippen molar-refractivity contribution in [2.75, 3.05) is 0 Å². The van der Waals surface area contributed by atoms with Crippen LogP contribution in [0, 0.1) is 0 Å². The lowest BCUT2D eigenvalue weighted by molar-refractivity contribution is 0.0689. The molecule has 0 aliphatic heterocycles. The highest BCUT2D eigenvalue weighted by Gasteiger charge is 2.39. The van der Waals surface area contributed by atoms with E-state index in [2.05, 4.69) is 16.7 Å². The first-order chi connectivity index (χ1) is 13.6. The Kier molecular flexibility index (Phi) is 4.24. The number of hydrogen-bond acceptors (Lipinski definition) is 4. The third-order valence-electron chi connectivity index (χ3n) is 5.07. The highest BCUT2D eigenvalue weighted by atomic mass is 16.4. The second-order valence-electron chi connectivity index (χ2n) is 6.55. The van der Waals surface area contributed by atoms with Crippen LogP contribution in [0.5, 0.6) is 0 Å². The first-order valence-corrected chi connectivity index (χ1v) is 8.74. The van der Waals surface area contributed by atoms with Gasteiger partial charge >= 0.3 is 5.97 Å². The van der Waals surface area contributed by atoms with Gasteiger partial charge in [0.2, 0.25) is 0 Å². The Morgan fingerprint density at radius 2 is 1.79 bits per heavy atom. The molecule has 0 fully saturated rings. The van der Waals surface area contributed by atoms with Crippen molar-refractivity contribution in [1.82, 2.24) is 14.8 Å². The lowest BCUT2D eigenvalue weighted by atomic mass is 9.68. The standard InChI is InChI=1S/C22H17N3O3/c1-2-19(26)25-18-14-22(15-6-4-3-5-7-15,16-9-12-23-13-10-16)11-8-17(18)20(24-25)21(27)28/h2-13H,1,14H2,(H,27,28). The van der Waals surface area contributed by atoms with E-state index in [9.17, 15) is 14.7 Å². The lowest BCUT2D eigenvalue weighted by Crippen LogP contribution is -2.32. The van der Waals surface area contributed by atoms with E-state index in [0.717, 1.165) is 21.9 Å². The Hall–Kier alpha value is -3.80. The maximum atomic E-state index is 12.4. The molecule has 1 N–H and O–H groups in total. The average Bonchev–Trinajstić information content (AvgIpc) is 3.13. The normalized spacial score (nSPS) is 17.7. The number of hydrogen-bond donors (Lipinski definition) is 1. The van der Waals surface area contributed by atoms with E-state index >= 15 is 0 Å². The van der Waals surface area contributed by atoms with Crippen LogP contribution >= 0.6 is 0 Å². The van der Waals surface area contributed by atoms with Crippen LogP contribution in [0.3, 0.4) is 0 Å². The molecule has 0 saturated heterocycles. The van der Waals surface area contributed by atoms with Gasteiger partial charge in [0.15, 0.2) is 5.69 Å². The Balaban J connectivity index is 1.97. The van der Waals surface area contributed by atoms with Gasteiger partial charge in [-0.15, -0.1) is 0 Å². The van der Waals surface area contributed by atoms with Gasteiger partial charge in [0.05, 0.1) is 5.69 Å². The highest BCUT2D eigenvalue weighted by molar-refractivity contribution is 5.95. The molecule has 0 amide bonds. The Bertz CT molecular complexity index is 1060. The second-order valence-corrected chi connectivity index (χ2v) is 6.55. The van der Waals surface area contributed by atoms with Crippen LogP contribution in [0.15, 0.2) is 73.6 Å². The molecular weight excluding hydrogens is 354 g/mol. The molecule has 28 heavy (non-hydrogen) atoms. The second kappa shape index (κ2) is 6.74. The predicted octanol–water partition coefficient (Wildman–Crippen LogP) is 3.36. The third-order valence-corrected chi connectivity index (χ3v) is 5.07. The number of pyridine rings is 1. The smallest absolute Gasteiger partial charge is 0.357 e. The number of benzene rings is 1. The van der Waals surface area contributed by atoms with Crippen molar-refractivity contribution < 1.29 is 14.7 Å². The third kappa shape index (κ3) is 2.66. The van der Waals surface area contributed by atoms with Crippen LogP contribution in [0.1, 0.15) is 37.7 Å². The summed E-state index contributed by atoms with van der Waals surface area (Å²) in [4.78, 5) is 28.1. The van der Waals surface area contributed by atoms with E-state index in [1.165, 1.54) is 0 Å². The minimum Gasteiger partial charge on any atom is -0.476 e. The number of allylic oxidation sites excluding steroid dienone is 2. The Labute approximate surface area is 161 Å². The number of aromatic carboxylic acids is 1. The molecule has 0 saturated carbocycles. The summed E-state index contributed by atoms with van der Waals surface area (Å²) >= 11 is 0. The summed E-state index contributed by atoms with van der Waals surface area (Å²) < 4.78 is 1.15. The molecule has 0 spiro atoms. The van der Waals surface area contributed by atoms with Crippen molar-refractivity contribution in [3.8, 4) is 0 Å². The van der Waals surface area contributed by atoms with E-state index < -0.39 is 17.3 Å². The molecular formula is C22H17N3O3. The van der Waals surface area contributed by atoms with Crippen molar-refractivity contribution >= 4 is 18.0 Å². The highest BCUT2D eigenvalue weighted by Crippen LogP contribution is 2.42. The minimum absolute atomic E-state index is 0.141. The largest absolute Gasteiger partial charge is 0.476 e. The van der Waals surface area contributed by atoms with Gasteiger partial charge in [-0.3, -0.25) is 9.78 Å². The fourth-order valence-corrected chi connectivity index (χ4v) is 3.73. The quantitative estimate of drug-likeness (QED) is 0.711. The molecule has 1 unspecified atom stereocenters. The molecule has 138 valence electrons. The SMILES string of the molecule is C=CC(=O)n1nc(C(=O)O)c2c1CC(c1ccccc1)(c1ccncc1)C=C2. The summed E-state index contributed by atoms with van der Waals surface area (Å²) in [6, 6.07) is 13.7. The van der Waals surface area contributed by atoms with Crippen molar-refractivity contribution in [3.05, 3.63) is 102 Å². The van der Waals surface area contributed by atoms with E-state index in [1.54, 1.807) is 18.5 Å². The van der Waals surface area contributed by atoms with E-state index in [-0.39, 0.29) is 5.69 Å². The average molecular weight is 371 g/mol. The molecule has 1 aliphatic carbocycles. The van der Waals surface area contributed by atoms with E-state index in [1.807, 2.05) is 48.5 Å². The van der Waals surface area contributed by atoms with Crippen molar-refractivity contribution in [3.63, 3.8) is 0 Å². The van der Waals surface area contributed by atoms with Crippen LogP contribution < -0.4 is 0 Å². The topological polar surface area (TPSA) is 85.1 Å². The van der Waals surface area contributed by atoms with Crippen LogP contribution in [-0.4, -0.2) is 31.7 Å². The Morgan fingerprint density at radius 1 is 1.11 bits per heavy atom. The molecule has 0 radical (unpaired) electrons. The summed E-state index contributed by atoms with van der Waals surface area (Å²) in [5, 5.41) is 13.6. The number of carbonyl (C=O) groups excluding carboxylic acids is 1. The van der Waals surface area contributed by atoms with Gasteiger partial charge in [0.25, 0.3) is 5.91 Å². The summed E-state index contributed by atoms with van der Waals surface area (Å²) in [6.07, 6.45) is 8.68. The van der Waals surface area contributed by atoms with E-state index in [4.69, 9.17) is 0 Å². The molecule has 1 aliphatic rings. The van der Waals surface area contributed by atoms with E-state index in [0.29, 0.717) is 17.7 Å². The van der Waals surface area contributed by atoms with Crippen LogP contribution in [0.2, 0.25) is 0 Å². The zero-order chi connectivity index (χ0) is 19.7. The van der Waals surface area contributed by atoms with Crippen molar-refractivity contribution in [1.29, 1.82) is 0 Å². The van der Waals surface area contributed by atoms with Crippen molar-refractivity contribution in [2.45, 2.75) is 11.8 Å². The summed E-state index contributed by atoms with van der Waals surface area (Å²) in [7, 11) is 0. The van der Waals surface area contributed by atoms with Crippen molar-refractivity contribution in [2.24, 2.45) is 0 Å². The number of nitrogens with zero attached hydrogens (tertiary/aromatic N) is 3. The zero-order valence-electron chi connectivity index (χ0n) is 14.9. The molecule has 1 aromatic carbocycles. The van der Waals surface area contributed by atoms with Crippen LogP contribution in [0.4, 0.5) is 0 Å². The van der Waals surface area contributed by atoms with Gasteiger partial charge in [-0.2, -0.15) is 9.78 Å². The maximum Gasteiger partial charge on any atom is 0.357 e. The molecule has 0 bridgehead atoms. The van der Waals surface area contributed by atoms with Crippen LogP contribution in [0.25, 0.3) is 6.08 Å². The molecule has 2 heterocycles. The van der Waals surface area contributed by atoms with Gasteiger partial charge in [-0.1, -0.05) is 49.1 Å². The molecule has 2 aromatic heterocycles.